The lowest BCUT2D eigenvalue weighted by atomic mass is 10.1. The molecule has 0 aliphatic carbocycles. The Balaban J connectivity index is 0.000000423. The summed E-state index contributed by atoms with van der Waals surface area (Å²) in [6.45, 7) is 2.11. The predicted molar refractivity (Wildman–Crippen MR) is 72.2 cm³/mol. The molecule has 1 aliphatic rings. The number of hydrogen-bond acceptors (Lipinski definition) is 6. The number of carbonyl (C=O) groups is 2. The van der Waals surface area contributed by atoms with Crippen LogP contribution < -0.4 is 0 Å². The minimum Gasteiger partial charge on any atom is -0.279 e. The van der Waals surface area contributed by atoms with Gasteiger partial charge >= 0.3 is 0 Å². The van der Waals surface area contributed by atoms with Gasteiger partial charge in [0.25, 0.3) is 21.9 Å². The van der Waals surface area contributed by atoms with E-state index in [4.69, 9.17) is 5.21 Å². The maximum Gasteiger partial charge on any atom is 0.297 e. The Morgan fingerprint density at radius 2 is 1.57 bits per heavy atom. The molecule has 1 heterocycles. The summed E-state index contributed by atoms with van der Waals surface area (Å²) in [4.78, 5) is 20.5. The minimum absolute atomic E-state index is 0.148. The number of unbranched alkanes of at least 4 members (excludes halogenated alkanes) is 5. The Morgan fingerprint density at radius 3 is 1.95 bits per heavy atom. The molecule has 1 rings (SSSR count). The minimum atomic E-state index is -3.88. The van der Waals surface area contributed by atoms with Gasteiger partial charge in [-0.25, -0.2) is 0 Å². The van der Waals surface area contributed by atoms with Crippen LogP contribution in [-0.4, -0.2) is 36.3 Å². The molecule has 124 valence electrons. The van der Waals surface area contributed by atoms with E-state index in [2.05, 4.69) is 11.3 Å². The van der Waals surface area contributed by atoms with Gasteiger partial charge in [0.1, 0.15) is 0 Å². The summed E-state index contributed by atoms with van der Waals surface area (Å²) in [6.07, 6.45) is 6.06. The van der Waals surface area contributed by atoms with Gasteiger partial charge in [-0.2, -0.15) is 13.5 Å². The van der Waals surface area contributed by atoms with Crippen LogP contribution in [-0.2, 0) is 24.1 Å². The largest absolute Gasteiger partial charge is 0.297 e. The van der Waals surface area contributed by atoms with E-state index in [1.54, 1.807) is 0 Å². The average molecular weight is 327 g/mol. The molecular formula is C12H22FNO6S. The predicted octanol–water partition coefficient (Wildman–Crippen LogP) is 2.10. The smallest absolute Gasteiger partial charge is 0.279 e. The van der Waals surface area contributed by atoms with Gasteiger partial charge in [0, 0.05) is 12.8 Å². The molecule has 0 atom stereocenters. The van der Waals surface area contributed by atoms with Crippen molar-refractivity contribution >= 4 is 21.9 Å². The molecule has 1 N–H and O–H groups in total. The van der Waals surface area contributed by atoms with Crippen molar-refractivity contribution in [3.05, 3.63) is 0 Å². The lowest BCUT2D eigenvalue weighted by Gasteiger charge is -1.99. The quantitative estimate of drug-likeness (QED) is 0.416. The van der Waals surface area contributed by atoms with Gasteiger partial charge < -0.3 is 0 Å². The van der Waals surface area contributed by atoms with Gasteiger partial charge in [0.2, 0.25) is 0 Å². The summed E-state index contributed by atoms with van der Waals surface area (Å²) in [6, 6.07) is 0. The number of imide groups is 1. The number of hydroxylamine groups is 2. The van der Waals surface area contributed by atoms with Crippen molar-refractivity contribution < 1.29 is 32.1 Å². The lowest BCUT2D eigenvalue weighted by molar-refractivity contribution is -0.171. The topological polar surface area (TPSA) is 101 Å². The third-order valence-electron chi connectivity index (χ3n) is 2.87. The number of carbonyl (C=O) groups excluding carboxylic acids is 2. The third kappa shape index (κ3) is 9.48. The summed E-state index contributed by atoms with van der Waals surface area (Å²) < 4.78 is 35.1. The number of halogens is 1. The van der Waals surface area contributed by atoms with E-state index in [0.717, 1.165) is 25.7 Å². The molecule has 21 heavy (non-hydrogen) atoms. The van der Waals surface area contributed by atoms with E-state index in [-0.39, 0.29) is 23.7 Å². The van der Waals surface area contributed by atoms with Crippen molar-refractivity contribution in [2.75, 3.05) is 5.75 Å². The van der Waals surface area contributed by atoms with Gasteiger partial charge in [0.15, 0.2) is 0 Å². The summed E-state index contributed by atoms with van der Waals surface area (Å²) in [5.74, 6) is -1.22. The highest BCUT2D eigenvalue weighted by atomic mass is 32.2. The van der Waals surface area contributed by atoms with Gasteiger partial charge in [-0.1, -0.05) is 43.4 Å². The first-order chi connectivity index (χ1) is 9.84. The molecule has 0 aromatic rings. The standard InChI is InChI=1S/C8H17FO3S.C4H5NO3/c1-2-3-4-5-6-7-8-13(10,11)12-9;6-3-1-2-4(7)5(3)8/h2-8H2,1H3;8H,1-2H2. The molecule has 0 unspecified atom stereocenters. The van der Waals surface area contributed by atoms with Crippen LogP contribution in [0.3, 0.4) is 0 Å². The van der Waals surface area contributed by atoms with Crippen LogP contribution >= 0.6 is 0 Å². The first-order valence-corrected chi connectivity index (χ1v) is 8.49. The molecule has 0 spiro atoms. The van der Waals surface area contributed by atoms with Gasteiger partial charge in [-0.05, 0) is 10.9 Å². The SMILES string of the molecule is CCCCCCCCS(=O)(=O)OF.O=C1CCC(=O)N1O. The molecule has 2 amide bonds. The summed E-state index contributed by atoms with van der Waals surface area (Å²) in [7, 11) is -3.88. The summed E-state index contributed by atoms with van der Waals surface area (Å²) >= 11 is 0. The van der Waals surface area contributed by atoms with E-state index in [1.165, 1.54) is 6.42 Å². The van der Waals surface area contributed by atoms with Crippen LogP contribution in [0.4, 0.5) is 4.53 Å². The highest BCUT2D eigenvalue weighted by molar-refractivity contribution is 7.86. The molecular weight excluding hydrogens is 305 g/mol. The van der Waals surface area contributed by atoms with Crippen molar-refractivity contribution in [2.45, 2.75) is 58.3 Å². The van der Waals surface area contributed by atoms with Crippen LogP contribution in [0.15, 0.2) is 0 Å². The molecule has 0 aromatic carbocycles. The second-order valence-electron chi connectivity index (χ2n) is 4.69. The third-order valence-corrected chi connectivity index (χ3v) is 3.85. The van der Waals surface area contributed by atoms with Crippen molar-refractivity contribution in [3.63, 3.8) is 0 Å². The average Bonchev–Trinajstić information content (AvgIpc) is 2.75. The number of hydrogen-bond donors (Lipinski definition) is 1. The second kappa shape index (κ2) is 10.6. The number of rotatable bonds is 8. The van der Waals surface area contributed by atoms with Gasteiger partial charge in [0.05, 0.1) is 5.75 Å². The Hall–Kier alpha value is -1.06. The molecule has 0 aromatic heterocycles. The van der Waals surface area contributed by atoms with Gasteiger partial charge in [-0.15, -0.1) is 0 Å². The fourth-order valence-electron chi connectivity index (χ4n) is 1.66. The van der Waals surface area contributed by atoms with Crippen LogP contribution in [0.1, 0.15) is 58.3 Å². The fourth-order valence-corrected chi connectivity index (χ4v) is 2.28. The van der Waals surface area contributed by atoms with E-state index >= 15 is 0 Å². The Morgan fingerprint density at radius 1 is 1.10 bits per heavy atom. The van der Waals surface area contributed by atoms with Gasteiger partial charge in [-0.3, -0.25) is 14.8 Å². The van der Waals surface area contributed by atoms with Crippen LogP contribution in [0.5, 0.6) is 0 Å². The van der Waals surface area contributed by atoms with Crippen molar-refractivity contribution in [3.8, 4) is 0 Å². The zero-order valence-corrected chi connectivity index (χ0v) is 12.9. The Kier molecular flexibility index (Phi) is 10.1. The van der Waals surface area contributed by atoms with Crippen LogP contribution in [0.2, 0.25) is 0 Å². The van der Waals surface area contributed by atoms with Crippen molar-refractivity contribution in [1.82, 2.24) is 5.06 Å². The molecule has 1 saturated heterocycles. The second-order valence-corrected chi connectivity index (χ2v) is 6.34. The summed E-state index contributed by atoms with van der Waals surface area (Å²) in [5.41, 5.74) is 0. The van der Waals surface area contributed by atoms with E-state index in [1.807, 2.05) is 0 Å². The first kappa shape index (κ1) is 19.9. The molecule has 0 saturated carbocycles. The summed E-state index contributed by atoms with van der Waals surface area (Å²) in [5, 5.41) is 8.57. The Bertz CT molecular complexity index is 409. The van der Waals surface area contributed by atoms with E-state index < -0.39 is 21.9 Å². The maximum absolute atomic E-state index is 11.3. The van der Waals surface area contributed by atoms with Crippen LogP contribution in [0.25, 0.3) is 0 Å². The van der Waals surface area contributed by atoms with Crippen molar-refractivity contribution in [2.24, 2.45) is 0 Å². The zero-order valence-electron chi connectivity index (χ0n) is 12.1. The first-order valence-electron chi connectivity index (χ1n) is 6.91. The molecule has 0 bridgehead atoms. The Labute approximate surface area is 124 Å². The highest BCUT2D eigenvalue weighted by Crippen LogP contribution is 2.07. The van der Waals surface area contributed by atoms with Crippen molar-refractivity contribution in [1.29, 1.82) is 0 Å². The van der Waals surface area contributed by atoms with Crippen LogP contribution in [0, 0.1) is 0 Å². The fraction of sp³-hybridized carbons (Fsp3) is 0.833. The molecule has 1 aliphatic heterocycles. The van der Waals surface area contributed by atoms with E-state index in [9.17, 15) is 22.5 Å². The highest BCUT2D eigenvalue weighted by Gasteiger charge is 2.26. The molecule has 7 nitrogen and oxygen atoms in total. The maximum atomic E-state index is 11.3. The normalized spacial score (nSPS) is 15.1. The number of amides is 2. The lowest BCUT2D eigenvalue weighted by Crippen LogP contribution is -2.24. The number of nitrogens with zero attached hydrogens (tertiary/aromatic N) is 1. The monoisotopic (exact) mass is 327 g/mol. The molecule has 1 fully saturated rings. The molecule has 0 radical (unpaired) electrons. The van der Waals surface area contributed by atoms with E-state index in [0.29, 0.717) is 6.42 Å². The molecule has 9 heteroatoms. The zero-order chi connectivity index (χ0) is 16.3.